The fourth-order valence-electron chi connectivity index (χ4n) is 2.02. The molecule has 0 fully saturated rings. The fraction of sp³-hybridized carbons (Fsp3) is 0.667. The minimum absolute atomic E-state index is 0.236. The summed E-state index contributed by atoms with van der Waals surface area (Å²) < 4.78 is 16.3. The van der Waals surface area contributed by atoms with E-state index in [1.807, 2.05) is 45.9 Å². The van der Waals surface area contributed by atoms with Gasteiger partial charge in [0.15, 0.2) is 0 Å². The van der Waals surface area contributed by atoms with Crippen LogP contribution in [0.3, 0.4) is 0 Å². The van der Waals surface area contributed by atoms with Gasteiger partial charge in [-0.15, -0.1) is 0 Å². The Morgan fingerprint density at radius 2 is 1.70 bits per heavy atom. The Morgan fingerprint density at radius 1 is 1.09 bits per heavy atom. The van der Waals surface area contributed by atoms with Gasteiger partial charge in [0.05, 0.1) is 18.8 Å². The van der Waals surface area contributed by atoms with Crippen molar-refractivity contribution < 1.29 is 24.4 Å². The van der Waals surface area contributed by atoms with Crippen molar-refractivity contribution in [2.75, 3.05) is 20.3 Å². The lowest BCUT2D eigenvalue weighted by Gasteiger charge is -2.28. The van der Waals surface area contributed by atoms with Crippen LogP contribution in [0, 0.1) is 0 Å². The Morgan fingerprint density at radius 3 is 2.26 bits per heavy atom. The van der Waals surface area contributed by atoms with Gasteiger partial charge in [-0.25, -0.2) is 0 Å². The molecule has 0 heterocycles. The molecule has 0 saturated heterocycles. The summed E-state index contributed by atoms with van der Waals surface area (Å²) in [5.41, 5.74) is -0.527. The number of aliphatic hydroxyl groups is 2. The van der Waals surface area contributed by atoms with E-state index in [9.17, 15) is 10.2 Å². The number of hydrogen-bond acceptors (Lipinski definition) is 5. The molecule has 0 aliphatic heterocycles. The predicted octanol–water partition coefficient (Wildman–Crippen LogP) is 3.03. The van der Waals surface area contributed by atoms with Crippen molar-refractivity contribution in [3.8, 4) is 11.5 Å². The van der Waals surface area contributed by atoms with E-state index in [-0.39, 0.29) is 13.2 Å². The molecule has 2 unspecified atom stereocenters. The zero-order valence-electron chi connectivity index (χ0n) is 15.2. The molecule has 0 radical (unpaired) electrons. The highest BCUT2D eigenvalue weighted by Gasteiger charge is 2.24. The maximum Gasteiger partial charge on any atom is 0.123 e. The van der Waals surface area contributed by atoms with Gasteiger partial charge in [0.1, 0.15) is 23.7 Å². The minimum Gasteiger partial charge on any atom is -0.491 e. The molecule has 1 aromatic carbocycles. The first-order valence-electron chi connectivity index (χ1n) is 8.09. The van der Waals surface area contributed by atoms with Crippen molar-refractivity contribution in [1.82, 2.24) is 0 Å². The number of ether oxygens (including phenoxy) is 3. The predicted molar refractivity (Wildman–Crippen MR) is 92.2 cm³/mol. The molecule has 5 heteroatoms. The smallest absolute Gasteiger partial charge is 0.123 e. The van der Waals surface area contributed by atoms with Crippen LogP contribution >= 0.6 is 0 Å². The fourth-order valence-corrected chi connectivity index (χ4v) is 2.02. The molecule has 134 valence electrons. The second kappa shape index (κ2) is 11.3. The van der Waals surface area contributed by atoms with E-state index >= 15 is 0 Å². The highest BCUT2D eigenvalue weighted by atomic mass is 16.5. The Bertz CT molecular complexity index is 418. The van der Waals surface area contributed by atoms with Crippen LogP contribution in [0.2, 0.25) is 0 Å². The van der Waals surface area contributed by atoms with E-state index in [0.29, 0.717) is 17.9 Å². The third-order valence-corrected chi connectivity index (χ3v) is 2.78. The quantitative estimate of drug-likeness (QED) is 0.729. The molecule has 0 amide bonds. The topological polar surface area (TPSA) is 68.2 Å². The molecule has 0 aliphatic carbocycles. The van der Waals surface area contributed by atoms with E-state index in [2.05, 4.69) is 0 Å². The summed E-state index contributed by atoms with van der Waals surface area (Å²) in [7, 11) is 1.56. The number of methoxy groups -OCH3 is 1. The molecule has 0 aromatic heterocycles. The maximum atomic E-state index is 9.81. The van der Waals surface area contributed by atoms with E-state index < -0.39 is 17.8 Å². The molecule has 0 saturated carbocycles. The zero-order valence-corrected chi connectivity index (χ0v) is 15.2. The first kappa shape index (κ1) is 21.7. The van der Waals surface area contributed by atoms with E-state index in [1.54, 1.807) is 20.1 Å². The average molecular weight is 328 g/mol. The molecule has 2 N–H and O–H groups in total. The first-order chi connectivity index (χ1) is 10.8. The van der Waals surface area contributed by atoms with Crippen LogP contribution in [0.25, 0.3) is 0 Å². The first-order valence-corrected chi connectivity index (χ1v) is 8.09. The van der Waals surface area contributed by atoms with Crippen LogP contribution in [-0.2, 0) is 4.74 Å². The Labute approximate surface area is 140 Å². The number of hydrogen-bond donors (Lipinski definition) is 2. The van der Waals surface area contributed by atoms with Gasteiger partial charge in [0, 0.05) is 19.6 Å². The summed E-state index contributed by atoms with van der Waals surface area (Å²) in [5.74, 6) is 1.30. The summed E-state index contributed by atoms with van der Waals surface area (Å²) in [5, 5.41) is 19.0. The van der Waals surface area contributed by atoms with Crippen molar-refractivity contribution in [3.05, 3.63) is 24.3 Å². The summed E-state index contributed by atoms with van der Waals surface area (Å²) in [4.78, 5) is 0. The molecule has 2 atom stereocenters. The molecule has 1 rings (SSSR count). The van der Waals surface area contributed by atoms with Gasteiger partial charge in [-0.3, -0.25) is 0 Å². The SMILES string of the molecule is CC.COCC(O)CC(C)(C)Oc1cccc(OCC(C)O)c1. The molecular formula is C18H32O5. The normalized spacial score (nSPS) is 13.6. The second-order valence-corrected chi connectivity index (χ2v) is 5.81. The number of aliphatic hydroxyl groups excluding tert-OH is 2. The van der Waals surface area contributed by atoms with Gasteiger partial charge < -0.3 is 24.4 Å². The standard InChI is InChI=1S/C16H26O5.C2H6/c1-12(17)10-20-14-6-5-7-15(8-14)21-16(2,3)9-13(18)11-19-4;1-2/h5-8,12-13,17-18H,9-11H2,1-4H3;1-2H3. The second-order valence-electron chi connectivity index (χ2n) is 5.81. The highest BCUT2D eigenvalue weighted by Crippen LogP contribution is 2.26. The van der Waals surface area contributed by atoms with Crippen molar-refractivity contribution >= 4 is 0 Å². The monoisotopic (exact) mass is 328 g/mol. The van der Waals surface area contributed by atoms with Gasteiger partial charge in [-0.2, -0.15) is 0 Å². The number of benzene rings is 1. The van der Waals surface area contributed by atoms with Crippen LogP contribution in [0.15, 0.2) is 24.3 Å². The minimum atomic E-state index is -0.570. The van der Waals surface area contributed by atoms with Crippen LogP contribution in [-0.4, -0.2) is 48.3 Å². The van der Waals surface area contributed by atoms with Crippen molar-refractivity contribution in [3.63, 3.8) is 0 Å². The third kappa shape index (κ3) is 10.2. The molecule has 0 bridgehead atoms. The van der Waals surface area contributed by atoms with Crippen LogP contribution in [0.4, 0.5) is 0 Å². The highest BCUT2D eigenvalue weighted by molar-refractivity contribution is 5.33. The molecule has 0 aliphatic rings. The van der Waals surface area contributed by atoms with Crippen molar-refractivity contribution in [2.24, 2.45) is 0 Å². The lowest BCUT2D eigenvalue weighted by molar-refractivity contribution is 0.000647. The molecule has 1 aromatic rings. The Hall–Kier alpha value is -1.30. The summed E-state index contributed by atoms with van der Waals surface area (Å²) in [6, 6.07) is 7.24. The molecule has 5 nitrogen and oxygen atoms in total. The summed E-state index contributed by atoms with van der Waals surface area (Å²) >= 11 is 0. The van der Waals surface area contributed by atoms with Gasteiger partial charge in [-0.1, -0.05) is 19.9 Å². The van der Waals surface area contributed by atoms with Crippen LogP contribution < -0.4 is 9.47 Å². The van der Waals surface area contributed by atoms with E-state index in [4.69, 9.17) is 14.2 Å². The molecule has 0 spiro atoms. The molecule has 23 heavy (non-hydrogen) atoms. The van der Waals surface area contributed by atoms with Crippen LogP contribution in [0.5, 0.6) is 11.5 Å². The Kier molecular flexibility index (Phi) is 10.6. The Balaban J connectivity index is 0.00000232. The average Bonchev–Trinajstić information content (AvgIpc) is 2.46. The van der Waals surface area contributed by atoms with Crippen molar-refractivity contribution in [2.45, 2.75) is 58.8 Å². The summed E-state index contributed by atoms with van der Waals surface area (Å²) in [6.45, 7) is 10.0. The largest absolute Gasteiger partial charge is 0.491 e. The summed E-state index contributed by atoms with van der Waals surface area (Å²) in [6.07, 6.45) is -0.630. The zero-order chi connectivity index (χ0) is 17.9. The van der Waals surface area contributed by atoms with Gasteiger partial charge in [0.2, 0.25) is 0 Å². The van der Waals surface area contributed by atoms with E-state index in [0.717, 1.165) is 0 Å². The van der Waals surface area contributed by atoms with Gasteiger partial charge >= 0.3 is 0 Å². The third-order valence-electron chi connectivity index (χ3n) is 2.78. The maximum absolute atomic E-state index is 9.81. The van der Waals surface area contributed by atoms with Crippen molar-refractivity contribution in [1.29, 1.82) is 0 Å². The molecular weight excluding hydrogens is 296 g/mol. The van der Waals surface area contributed by atoms with Crippen LogP contribution in [0.1, 0.15) is 41.0 Å². The number of rotatable bonds is 9. The van der Waals surface area contributed by atoms with Gasteiger partial charge in [-0.05, 0) is 32.9 Å². The van der Waals surface area contributed by atoms with E-state index in [1.165, 1.54) is 0 Å². The van der Waals surface area contributed by atoms with Gasteiger partial charge in [0.25, 0.3) is 0 Å². The lowest BCUT2D eigenvalue weighted by atomic mass is 10.0. The lowest BCUT2D eigenvalue weighted by Crippen LogP contribution is -2.34.